The monoisotopic (exact) mass is 498 g/mol. The number of hydrogen-bond acceptors (Lipinski definition) is 6. The highest BCUT2D eigenvalue weighted by Crippen LogP contribution is 2.33. The second-order valence-electron chi connectivity index (χ2n) is 8.61. The quantitative estimate of drug-likeness (QED) is 0.361. The predicted octanol–water partition coefficient (Wildman–Crippen LogP) is 4.83. The lowest BCUT2D eigenvalue weighted by molar-refractivity contribution is -0.123. The van der Waals surface area contributed by atoms with Crippen molar-refractivity contribution in [3.05, 3.63) is 89.5 Å². The van der Waals surface area contributed by atoms with E-state index in [1.54, 1.807) is 25.3 Å². The minimum atomic E-state index is -0.370. The molecule has 0 atom stereocenters. The molecule has 4 aromatic rings. The first-order valence-electron chi connectivity index (χ1n) is 11.8. The second kappa shape index (κ2) is 10.5. The maximum Gasteiger partial charge on any atom is 0.259 e. The molecule has 8 nitrogen and oxygen atoms in total. The van der Waals surface area contributed by atoms with E-state index in [4.69, 9.17) is 18.9 Å². The van der Waals surface area contributed by atoms with Gasteiger partial charge in [-0.1, -0.05) is 36.4 Å². The summed E-state index contributed by atoms with van der Waals surface area (Å²) in [6.45, 7) is 2.17. The summed E-state index contributed by atoms with van der Waals surface area (Å²) < 4.78 is 21.9. The van der Waals surface area contributed by atoms with Crippen molar-refractivity contribution >= 4 is 28.3 Å². The van der Waals surface area contributed by atoms with Crippen molar-refractivity contribution in [1.29, 1.82) is 0 Å². The number of carbonyl (C=O) groups excluding carboxylic acids is 2. The molecule has 0 fully saturated rings. The normalized spacial score (nSPS) is 11.7. The molecule has 5 rings (SSSR count). The van der Waals surface area contributed by atoms with Crippen molar-refractivity contribution in [1.82, 2.24) is 5.32 Å². The number of aryl methyl sites for hydroxylation is 1. The van der Waals surface area contributed by atoms with Crippen LogP contribution in [0.1, 0.15) is 21.5 Å². The molecule has 0 saturated heterocycles. The van der Waals surface area contributed by atoms with Gasteiger partial charge in [0, 0.05) is 6.54 Å². The molecule has 0 unspecified atom stereocenters. The average Bonchev–Trinajstić information content (AvgIpc) is 3.38. The van der Waals surface area contributed by atoms with Gasteiger partial charge in [0.1, 0.15) is 11.5 Å². The minimum Gasteiger partial charge on any atom is -0.495 e. The Morgan fingerprint density at radius 1 is 0.892 bits per heavy atom. The Morgan fingerprint density at radius 2 is 1.68 bits per heavy atom. The first-order chi connectivity index (χ1) is 18.0. The van der Waals surface area contributed by atoms with Gasteiger partial charge in [0.15, 0.2) is 18.1 Å². The molecule has 0 aliphatic carbocycles. The zero-order chi connectivity index (χ0) is 25.8. The van der Waals surface area contributed by atoms with Crippen LogP contribution in [0.15, 0.2) is 72.8 Å². The van der Waals surface area contributed by atoms with E-state index < -0.39 is 0 Å². The summed E-state index contributed by atoms with van der Waals surface area (Å²) >= 11 is 0. The van der Waals surface area contributed by atoms with Crippen LogP contribution >= 0.6 is 0 Å². The summed E-state index contributed by atoms with van der Waals surface area (Å²) in [5.74, 6) is 1.50. The molecule has 0 saturated carbocycles. The number of rotatable bonds is 8. The van der Waals surface area contributed by atoms with Gasteiger partial charge in [0.05, 0.1) is 18.4 Å². The van der Waals surface area contributed by atoms with Crippen molar-refractivity contribution in [3.8, 4) is 23.0 Å². The van der Waals surface area contributed by atoms with Crippen LogP contribution in [0.5, 0.6) is 23.0 Å². The fraction of sp³-hybridized carbons (Fsp3) is 0.172. The molecule has 0 radical (unpaired) electrons. The van der Waals surface area contributed by atoms with Crippen molar-refractivity contribution in [2.75, 3.05) is 25.8 Å². The Kier molecular flexibility index (Phi) is 6.81. The molecule has 2 amide bonds. The third-order valence-electron chi connectivity index (χ3n) is 5.98. The van der Waals surface area contributed by atoms with E-state index in [1.165, 1.54) is 0 Å². The lowest BCUT2D eigenvalue weighted by atomic mass is 10.0. The Morgan fingerprint density at radius 3 is 2.49 bits per heavy atom. The molecular formula is C29H26N2O6. The van der Waals surface area contributed by atoms with Crippen molar-refractivity contribution < 1.29 is 28.5 Å². The van der Waals surface area contributed by atoms with Gasteiger partial charge in [0.25, 0.3) is 11.8 Å². The first-order valence-corrected chi connectivity index (χ1v) is 11.8. The lowest BCUT2D eigenvalue weighted by Crippen LogP contribution is -2.28. The Labute approximate surface area is 214 Å². The number of nitrogens with one attached hydrogen (secondary N) is 2. The van der Waals surface area contributed by atoms with Crippen molar-refractivity contribution in [2.45, 2.75) is 13.5 Å². The fourth-order valence-electron chi connectivity index (χ4n) is 4.07. The van der Waals surface area contributed by atoms with E-state index in [2.05, 4.69) is 10.6 Å². The lowest BCUT2D eigenvalue weighted by Gasteiger charge is -2.15. The number of anilines is 1. The molecule has 0 spiro atoms. The van der Waals surface area contributed by atoms with E-state index in [0.29, 0.717) is 40.8 Å². The van der Waals surface area contributed by atoms with E-state index in [0.717, 1.165) is 21.9 Å². The number of hydrogen-bond donors (Lipinski definition) is 2. The van der Waals surface area contributed by atoms with E-state index in [9.17, 15) is 9.59 Å². The summed E-state index contributed by atoms with van der Waals surface area (Å²) in [6, 6.07) is 22.2. The second-order valence-corrected chi connectivity index (χ2v) is 8.61. The smallest absolute Gasteiger partial charge is 0.259 e. The van der Waals surface area contributed by atoms with Gasteiger partial charge in [-0.2, -0.15) is 0 Å². The predicted molar refractivity (Wildman–Crippen MR) is 140 cm³/mol. The summed E-state index contributed by atoms with van der Waals surface area (Å²) in [4.78, 5) is 25.9. The number of fused-ring (bicyclic) bond motifs is 2. The van der Waals surface area contributed by atoms with E-state index in [-0.39, 0.29) is 25.2 Å². The molecule has 1 aliphatic heterocycles. The van der Waals surface area contributed by atoms with Gasteiger partial charge in [-0.15, -0.1) is 0 Å². The van der Waals surface area contributed by atoms with Crippen LogP contribution in [-0.2, 0) is 11.3 Å². The number of amides is 2. The Bertz CT molecular complexity index is 1480. The van der Waals surface area contributed by atoms with Gasteiger partial charge in [-0.3, -0.25) is 9.59 Å². The Hall–Kier alpha value is -4.72. The van der Waals surface area contributed by atoms with Gasteiger partial charge >= 0.3 is 0 Å². The zero-order valence-electron chi connectivity index (χ0n) is 20.5. The highest BCUT2D eigenvalue weighted by molar-refractivity contribution is 6.09. The van der Waals surface area contributed by atoms with Gasteiger partial charge in [-0.25, -0.2) is 0 Å². The molecule has 8 heteroatoms. The van der Waals surface area contributed by atoms with Gasteiger partial charge in [-0.05, 0) is 65.2 Å². The topological polar surface area (TPSA) is 95.1 Å². The maximum absolute atomic E-state index is 13.3. The van der Waals surface area contributed by atoms with Crippen LogP contribution in [-0.4, -0.2) is 32.3 Å². The van der Waals surface area contributed by atoms with Crippen LogP contribution in [0.2, 0.25) is 0 Å². The van der Waals surface area contributed by atoms with Crippen molar-refractivity contribution in [3.63, 3.8) is 0 Å². The highest BCUT2D eigenvalue weighted by atomic mass is 16.7. The third kappa shape index (κ3) is 5.43. The number of ether oxygens (including phenoxy) is 4. The number of methoxy groups -OCH3 is 1. The number of benzene rings is 4. The fourth-order valence-corrected chi connectivity index (χ4v) is 4.07. The van der Waals surface area contributed by atoms with E-state index in [1.807, 2.05) is 61.5 Å². The van der Waals surface area contributed by atoms with Crippen LogP contribution < -0.4 is 29.6 Å². The molecule has 2 N–H and O–H groups in total. The minimum absolute atomic E-state index is 0.192. The molecular weight excluding hydrogens is 472 g/mol. The molecule has 1 heterocycles. The first kappa shape index (κ1) is 24.0. The highest BCUT2D eigenvalue weighted by Gasteiger charge is 2.18. The van der Waals surface area contributed by atoms with Crippen LogP contribution in [0.3, 0.4) is 0 Å². The molecule has 4 aromatic carbocycles. The molecule has 188 valence electrons. The summed E-state index contributed by atoms with van der Waals surface area (Å²) in [5, 5.41) is 7.51. The molecule has 1 aliphatic rings. The third-order valence-corrected chi connectivity index (χ3v) is 5.98. The average molecular weight is 499 g/mol. The SMILES string of the molecule is COc1ccc(C)cc1NC(=O)c1cc2ccccc2cc1OCC(=O)NCc1ccc2c(c1)OCO2. The summed E-state index contributed by atoms with van der Waals surface area (Å²) in [6.07, 6.45) is 0. The summed E-state index contributed by atoms with van der Waals surface area (Å²) in [7, 11) is 1.55. The molecule has 0 aromatic heterocycles. The van der Waals surface area contributed by atoms with E-state index >= 15 is 0 Å². The summed E-state index contributed by atoms with van der Waals surface area (Å²) in [5.41, 5.74) is 2.71. The maximum atomic E-state index is 13.3. The van der Waals surface area contributed by atoms with Crippen LogP contribution in [0.4, 0.5) is 5.69 Å². The van der Waals surface area contributed by atoms with Gasteiger partial charge < -0.3 is 29.6 Å². The molecule has 0 bridgehead atoms. The van der Waals surface area contributed by atoms with Crippen molar-refractivity contribution in [2.24, 2.45) is 0 Å². The zero-order valence-corrected chi connectivity index (χ0v) is 20.5. The standard InChI is InChI=1S/C29H26N2O6/c1-18-7-9-24(34-2)23(11-18)31-29(33)22-13-20-5-3-4-6-21(20)14-26(22)35-16-28(32)30-15-19-8-10-25-27(12-19)37-17-36-25/h3-14H,15-17H2,1-2H3,(H,30,32)(H,31,33). The molecule has 37 heavy (non-hydrogen) atoms. The van der Waals surface area contributed by atoms with Crippen LogP contribution in [0.25, 0.3) is 10.8 Å². The Balaban J connectivity index is 1.31. The van der Waals surface area contributed by atoms with Crippen LogP contribution in [0, 0.1) is 6.92 Å². The van der Waals surface area contributed by atoms with Gasteiger partial charge in [0.2, 0.25) is 6.79 Å². The number of carbonyl (C=O) groups is 2. The largest absolute Gasteiger partial charge is 0.495 e.